The Morgan fingerprint density at radius 3 is 1.72 bits per heavy atom. The van der Waals surface area contributed by atoms with E-state index < -0.39 is 0 Å². The Labute approximate surface area is 162 Å². The Hall–Kier alpha value is -0.780. The Balaban J connectivity index is -0.0000000873. The molecule has 0 bridgehead atoms. The maximum Gasteiger partial charge on any atom is 0.0159 e. The van der Waals surface area contributed by atoms with Crippen LogP contribution in [-0.4, -0.2) is 26.2 Å². The van der Waals surface area contributed by atoms with E-state index in [0.29, 0.717) is 5.41 Å². The average Bonchev–Trinajstić information content (AvgIpc) is 2.61. The van der Waals surface area contributed by atoms with Crippen molar-refractivity contribution in [3.63, 3.8) is 0 Å². The summed E-state index contributed by atoms with van der Waals surface area (Å²) in [5.41, 5.74) is 1.64. The van der Waals surface area contributed by atoms with Crippen LogP contribution in [0.3, 0.4) is 0 Å². The molecule has 0 aromatic heterocycles. The lowest BCUT2D eigenvalue weighted by atomic mass is 9.92. The molecule has 0 saturated carbocycles. The highest BCUT2D eigenvalue weighted by Gasteiger charge is 2.08. The zero-order valence-corrected chi connectivity index (χ0v) is 19.7. The number of unbranched alkanes of at least 4 members (excludes halogenated alkanes) is 1. The molecule has 0 aliphatic carbocycles. The second kappa shape index (κ2) is 34.5. The van der Waals surface area contributed by atoms with Gasteiger partial charge in [-0.25, -0.2) is 0 Å². The van der Waals surface area contributed by atoms with Gasteiger partial charge in [-0.15, -0.1) is 12.3 Å². The lowest BCUT2D eigenvalue weighted by molar-refractivity contribution is 0.367. The Bertz CT molecular complexity index is 244. The van der Waals surface area contributed by atoms with Crippen LogP contribution in [-0.2, 0) is 0 Å². The molecule has 0 saturated heterocycles. The largest absolute Gasteiger partial charge is 0.317 e. The van der Waals surface area contributed by atoms with Crippen molar-refractivity contribution in [2.75, 3.05) is 26.2 Å². The molecule has 0 unspecified atom stereocenters. The summed E-state index contributed by atoms with van der Waals surface area (Å²) in [5.74, 6) is 2.63. The second-order valence-corrected chi connectivity index (χ2v) is 6.11. The van der Waals surface area contributed by atoms with Crippen LogP contribution in [0.15, 0.2) is 12.2 Å². The van der Waals surface area contributed by atoms with Crippen molar-refractivity contribution in [3.8, 4) is 12.3 Å². The highest BCUT2D eigenvalue weighted by molar-refractivity contribution is 4.89. The molecule has 0 atom stereocenters. The Kier molecular flexibility index (Phi) is 48.8. The van der Waals surface area contributed by atoms with E-state index in [4.69, 9.17) is 6.42 Å². The van der Waals surface area contributed by atoms with Gasteiger partial charge in [-0.05, 0) is 44.8 Å². The summed E-state index contributed by atoms with van der Waals surface area (Å²) in [6.07, 6.45) is 8.35. The zero-order chi connectivity index (χ0) is 21.1. The average molecular weight is 357 g/mol. The molecular formula is C23H52N2. The molecule has 0 rings (SSSR count). The predicted octanol–water partition coefficient (Wildman–Crippen LogP) is 6.68. The fraction of sp³-hybridized carbons (Fsp3) is 0.826. The van der Waals surface area contributed by atoms with Crippen molar-refractivity contribution in [1.82, 2.24) is 10.6 Å². The van der Waals surface area contributed by atoms with E-state index in [1.54, 1.807) is 0 Å². The molecule has 0 radical (unpaired) electrons. The van der Waals surface area contributed by atoms with Crippen molar-refractivity contribution >= 4 is 0 Å². The molecular weight excluding hydrogens is 304 g/mol. The van der Waals surface area contributed by atoms with Crippen LogP contribution >= 0.6 is 0 Å². The van der Waals surface area contributed by atoms with E-state index in [-0.39, 0.29) is 0 Å². The third-order valence-corrected chi connectivity index (χ3v) is 2.40. The number of terminal acetylenes is 1. The van der Waals surface area contributed by atoms with Crippen LogP contribution in [0.5, 0.6) is 0 Å². The summed E-state index contributed by atoms with van der Waals surface area (Å²) in [7, 11) is 0. The minimum Gasteiger partial charge on any atom is -0.317 e. The van der Waals surface area contributed by atoms with Gasteiger partial charge in [-0.3, -0.25) is 0 Å². The zero-order valence-electron chi connectivity index (χ0n) is 19.7. The molecule has 0 aromatic carbocycles. The fourth-order valence-corrected chi connectivity index (χ4v) is 1.24. The van der Waals surface area contributed by atoms with Crippen LogP contribution in [0.4, 0.5) is 0 Å². The van der Waals surface area contributed by atoms with Gasteiger partial charge < -0.3 is 10.6 Å². The molecule has 0 aliphatic heterocycles. The topological polar surface area (TPSA) is 24.1 Å². The van der Waals surface area contributed by atoms with Gasteiger partial charge >= 0.3 is 0 Å². The minimum absolute atomic E-state index is 0.444. The highest BCUT2D eigenvalue weighted by atomic mass is 14.8. The summed E-state index contributed by atoms with van der Waals surface area (Å²) in [6, 6.07) is 0. The third-order valence-electron chi connectivity index (χ3n) is 2.40. The molecule has 2 heteroatoms. The third kappa shape index (κ3) is 70.0. The monoisotopic (exact) mass is 356 g/mol. The van der Waals surface area contributed by atoms with Gasteiger partial charge in [0.15, 0.2) is 0 Å². The SMILES string of the molecule is C#CCCCNCCC(C)(C)C.C=C(C)CNCC.CC.CC.CC. The van der Waals surface area contributed by atoms with Gasteiger partial charge in [0.2, 0.25) is 0 Å². The van der Waals surface area contributed by atoms with Crippen molar-refractivity contribution in [1.29, 1.82) is 0 Å². The van der Waals surface area contributed by atoms with Crippen LogP contribution in [0, 0.1) is 17.8 Å². The van der Waals surface area contributed by atoms with E-state index in [1.807, 2.05) is 48.5 Å². The van der Waals surface area contributed by atoms with Crippen molar-refractivity contribution in [2.24, 2.45) is 5.41 Å². The van der Waals surface area contributed by atoms with E-state index in [1.165, 1.54) is 12.0 Å². The van der Waals surface area contributed by atoms with E-state index in [9.17, 15) is 0 Å². The van der Waals surface area contributed by atoms with E-state index in [2.05, 4.69) is 50.8 Å². The summed E-state index contributed by atoms with van der Waals surface area (Å²) in [5, 5.41) is 6.53. The van der Waals surface area contributed by atoms with E-state index >= 15 is 0 Å². The van der Waals surface area contributed by atoms with Crippen LogP contribution in [0.1, 0.15) is 95.4 Å². The van der Waals surface area contributed by atoms with Gasteiger partial charge in [-0.1, -0.05) is 81.4 Å². The van der Waals surface area contributed by atoms with Crippen molar-refractivity contribution in [2.45, 2.75) is 95.4 Å². The molecule has 2 nitrogen and oxygen atoms in total. The van der Waals surface area contributed by atoms with Gasteiger partial charge in [0, 0.05) is 13.0 Å². The standard InChI is InChI=1S/C11H21N.C6H13N.3C2H6/c1-5-6-7-9-12-10-8-11(2,3)4;1-4-7-5-6(2)3;3*1-2/h1,12H,6-10H2,2-4H3;7H,2,4-5H2,1,3H3;3*1-2H3. The minimum atomic E-state index is 0.444. The van der Waals surface area contributed by atoms with Gasteiger partial charge in [0.25, 0.3) is 0 Å². The fourth-order valence-electron chi connectivity index (χ4n) is 1.24. The van der Waals surface area contributed by atoms with Gasteiger partial charge in [0.05, 0.1) is 0 Å². The number of likely N-dealkylation sites (N-methyl/N-ethyl adjacent to an activating group) is 1. The normalized spacial score (nSPS) is 8.56. The number of hydrogen-bond acceptors (Lipinski definition) is 2. The Morgan fingerprint density at radius 1 is 0.960 bits per heavy atom. The molecule has 0 aromatic rings. The molecule has 0 heterocycles. The molecule has 154 valence electrons. The quantitative estimate of drug-likeness (QED) is 0.288. The molecule has 0 aliphatic rings. The first-order valence-corrected chi connectivity index (χ1v) is 10.3. The highest BCUT2D eigenvalue weighted by Crippen LogP contribution is 2.16. The number of hydrogen-bond donors (Lipinski definition) is 2. The Morgan fingerprint density at radius 2 is 1.44 bits per heavy atom. The first kappa shape index (κ1) is 35.4. The molecule has 0 amide bonds. The molecule has 0 spiro atoms. The maximum absolute atomic E-state index is 5.13. The maximum atomic E-state index is 5.13. The summed E-state index contributed by atoms with van der Waals surface area (Å²) in [6.45, 7) is 30.8. The van der Waals surface area contributed by atoms with Crippen LogP contribution in [0.2, 0.25) is 0 Å². The summed E-state index contributed by atoms with van der Waals surface area (Å²) < 4.78 is 0. The number of nitrogens with one attached hydrogen (secondary N) is 2. The van der Waals surface area contributed by atoms with Gasteiger partial charge in [0.1, 0.15) is 0 Å². The smallest absolute Gasteiger partial charge is 0.0159 e. The molecule has 0 fully saturated rings. The summed E-state index contributed by atoms with van der Waals surface area (Å²) >= 11 is 0. The lowest BCUT2D eigenvalue weighted by Crippen LogP contribution is -2.21. The van der Waals surface area contributed by atoms with Crippen LogP contribution < -0.4 is 10.6 Å². The molecule has 2 N–H and O–H groups in total. The first-order valence-electron chi connectivity index (χ1n) is 10.3. The first-order chi connectivity index (χ1) is 11.8. The predicted molar refractivity (Wildman–Crippen MR) is 122 cm³/mol. The number of rotatable bonds is 8. The van der Waals surface area contributed by atoms with Crippen molar-refractivity contribution in [3.05, 3.63) is 12.2 Å². The van der Waals surface area contributed by atoms with Crippen molar-refractivity contribution < 1.29 is 0 Å². The summed E-state index contributed by atoms with van der Waals surface area (Å²) in [4.78, 5) is 0. The second-order valence-electron chi connectivity index (χ2n) is 6.11. The van der Waals surface area contributed by atoms with E-state index in [0.717, 1.165) is 39.0 Å². The van der Waals surface area contributed by atoms with Crippen LogP contribution in [0.25, 0.3) is 0 Å². The molecule has 25 heavy (non-hydrogen) atoms. The van der Waals surface area contributed by atoms with Gasteiger partial charge in [-0.2, -0.15) is 0 Å². The lowest BCUT2D eigenvalue weighted by Gasteiger charge is -2.17.